The Bertz CT molecular complexity index is 1150. The Hall–Kier alpha value is -3.20. The zero-order chi connectivity index (χ0) is 22.5. The third-order valence-electron chi connectivity index (χ3n) is 5.54. The van der Waals surface area contributed by atoms with Crippen LogP contribution in [0.25, 0.3) is 10.2 Å². The van der Waals surface area contributed by atoms with Crippen molar-refractivity contribution in [2.75, 3.05) is 23.3 Å². The van der Waals surface area contributed by atoms with Gasteiger partial charge in [-0.3, -0.25) is 19.0 Å². The lowest BCUT2D eigenvalue weighted by Crippen LogP contribution is -2.31. The van der Waals surface area contributed by atoms with Gasteiger partial charge in [0, 0.05) is 31.0 Å². The van der Waals surface area contributed by atoms with Crippen molar-refractivity contribution in [2.45, 2.75) is 45.3 Å². The third kappa shape index (κ3) is 5.16. The average Bonchev–Trinajstić information content (AvgIpc) is 3.29. The van der Waals surface area contributed by atoms with Crippen molar-refractivity contribution in [3.8, 4) is 0 Å². The largest absolute Gasteiger partial charge is 0.452 e. The summed E-state index contributed by atoms with van der Waals surface area (Å²) in [6.45, 7) is 3.78. The number of benzene rings is 1. The van der Waals surface area contributed by atoms with E-state index in [-0.39, 0.29) is 18.5 Å². The summed E-state index contributed by atoms with van der Waals surface area (Å²) in [5.74, 6) is -0.951. The first-order valence-corrected chi connectivity index (χ1v) is 11.7. The van der Waals surface area contributed by atoms with E-state index in [0.29, 0.717) is 15.9 Å². The minimum absolute atomic E-state index is 0.0284. The van der Waals surface area contributed by atoms with E-state index in [1.165, 1.54) is 48.4 Å². The minimum Gasteiger partial charge on any atom is -0.452 e. The number of fused-ring (bicyclic) bond motifs is 1. The Morgan fingerprint density at radius 3 is 2.66 bits per heavy atom. The Balaban J connectivity index is 1.26. The van der Waals surface area contributed by atoms with Crippen LogP contribution in [-0.4, -0.2) is 40.6 Å². The van der Waals surface area contributed by atoms with Gasteiger partial charge in [-0.15, -0.1) is 11.3 Å². The maximum absolute atomic E-state index is 12.4. The van der Waals surface area contributed by atoms with Crippen LogP contribution in [0.4, 0.5) is 11.4 Å². The molecule has 0 spiro atoms. The number of nitrogens with zero attached hydrogens (tertiary/aromatic N) is 3. The van der Waals surface area contributed by atoms with Gasteiger partial charge in [0.05, 0.1) is 18.1 Å². The molecule has 1 aliphatic rings. The molecular formula is C23H26N4O4S. The molecule has 0 radical (unpaired) electrons. The SMILES string of the molecule is CC(OC(=O)CCn1cnc2sccc2c1=O)C(=O)Nc1ccc(N2CCCCC2)cc1. The molecule has 0 aliphatic carbocycles. The van der Waals surface area contributed by atoms with Crippen LogP contribution < -0.4 is 15.8 Å². The zero-order valence-electron chi connectivity index (χ0n) is 18.0. The van der Waals surface area contributed by atoms with Gasteiger partial charge in [0.1, 0.15) is 4.83 Å². The lowest BCUT2D eigenvalue weighted by Gasteiger charge is -2.28. The number of carbonyl (C=O) groups is 2. The number of ether oxygens (including phenoxy) is 1. The molecule has 3 aromatic rings. The van der Waals surface area contributed by atoms with E-state index < -0.39 is 18.0 Å². The molecule has 3 heterocycles. The van der Waals surface area contributed by atoms with Crippen molar-refractivity contribution < 1.29 is 14.3 Å². The number of nitrogens with one attached hydrogen (secondary N) is 1. The maximum Gasteiger partial charge on any atom is 0.308 e. The summed E-state index contributed by atoms with van der Waals surface area (Å²) in [4.78, 5) is 44.2. The lowest BCUT2D eigenvalue weighted by molar-refractivity contribution is -0.153. The van der Waals surface area contributed by atoms with Crippen LogP contribution >= 0.6 is 11.3 Å². The van der Waals surface area contributed by atoms with Gasteiger partial charge in [-0.25, -0.2) is 4.98 Å². The average molecular weight is 455 g/mol. The molecule has 1 atom stereocenters. The van der Waals surface area contributed by atoms with Crippen LogP contribution in [0, 0.1) is 0 Å². The predicted octanol–water partition coefficient (Wildman–Crippen LogP) is 3.41. The number of carbonyl (C=O) groups excluding carboxylic acids is 2. The summed E-state index contributed by atoms with van der Waals surface area (Å²) in [6.07, 6.45) is 4.14. The monoisotopic (exact) mass is 454 g/mol. The van der Waals surface area contributed by atoms with Gasteiger partial charge in [-0.05, 0) is 61.9 Å². The van der Waals surface area contributed by atoms with Crippen LogP contribution in [0.2, 0.25) is 0 Å². The molecule has 1 unspecified atom stereocenters. The number of aryl methyl sites for hydroxylation is 1. The van der Waals surface area contributed by atoms with E-state index in [2.05, 4.69) is 15.2 Å². The Labute approximate surface area is 189 Å². The number of hydrogen-bond acceptors (Lipinski definition) is 7. The van der Waals surface area contributed by atoms with E-state index in [1.54, 1.807) is 11.4 Å². The molecule has 1 aromatic carbocycles. The summed E-state index contributed by atoms with van der Waals surface area (Å²) in [6, 6.07) is 9.42. The van der Waals surface area contributed by atoms with Crippen molar-refractivity contribution in [1.82, 2.24) is 9.55 Å². The molecule has 2 aromatic heterocycles. The molecule has 32 heavy (non-hydrogen) atoms. The molecule has 1 aliphatic heterocycles. The number of aromatic nitrogens is 2. The van der Waals surface area contributed by atoms with Crippen LogP contribution in [0.5, 0.6) is 0 Å². The predicted molar refractivity (Wildman–Crippen MR) is 125 cm³/mol. The van der Waals surface area contributed by atoms with Crippen molar-refractivity contribution in [1.29, 1.82) is 0 Å². The van der Waals surface area contributed by atoms with Crippen LogP contribution in [0.3, 0.4) is 0 Å². The topological polar surface area (TPSA) is 93.5 Å². The smallest absolute Gasteiger partial charge is 0.308 e. The highest BCUT2D eigenvalue weighted by atomic mass is 32.1. The molecule has 9 heteroatoms. The van der Waals surface area contributed by atoms with Gasteiger partial charge in [0.2, 0.25) is 0 Å². The number of thiophene rings is 1. The molecule has 168 valence electrons. The molecule has 1 N–H and O–H groups in total. The third-order valence-corrected chi connectivity index (χ3v) is 6.36. The number of hydrogen-bond donors (Lipinski definition) is 1. The van der Waals surface area contributed by atoms with Crippen molar-refractivity contribution >= 4 is 44.8 Å². The summed E-state index contributed by atoms with van der Waals surface area (Å²) in [5, 5.41) is 5.12. The van der Waals surface area contributed by atoms with E-state index >= 15 is 0 Å². The maximum atomic E-state index is 12.4. The number of esters is 1. The van der Waals surface area contributed by atoms with E-state index in [0.717, 1.165) is 18.8 Å². The molecule has 4 rings (SSSR count). The van der Waals surface area contributed by atoms with Gasteiger partial charge in [-0.2, -0.15) is 0 Å². The highest BCUT2D eigenvalue weighted by Crippen LogP contribution is 2.22. The number of anilines is 2. The number of piperidine rings is 1. The van der Waals surface area contributed by atoms with Gasteiger partial charge in [0.25, 0.3) is 11.5 Å². The summed E-state index contributed by atoms with van der Waals surface area (Å²) >= 11 is 1.39. The van der Waals surface area contributed by atoms with Gasteiger partial charge >= 0.3 is 5.97 Å². The van der Waals surface area contributed by atoms with E-state index in [9.17, 15) is 14.4 Å². The fourth-order valence-corrected chi connectivity index (χ4v) is 4.45. The molecule has 0 bridgehead atoms. The number of amides is 1. The van der Waals surface area contributed by atoms with Gasteiger partial charge < -0.3 is 15.0 Å². The molecule has 1 saturated heterocycles. The first-order chi connectivity index (χ1) is 15.5. The van der Waals surface area contributed by atoms with Gasteiger partial charge in [0.15, 0.2) is 6.10 Å². The van der Waals surface area contributed by atoms with Crippen LogP contribution in [-0.2, 0) is 20.9 Å². The molecule has 0 saturated carbocycles. The normalized spacial score (nSPS) is 14.8. The Kier molecular flexibility index (Phi) is 6.84. The highest BCUT2D eigenvalue weighted by Gasteiger charge is 2.19. The fraction of sp³-hybridized carbons (Fsp3) is 0.391. The summed E-state index contributed by atoms with van der Waals surface area (Å²) < 4.78 is 6.62. The molecule has 8 nitrogen and oxygen atoms in total. The van der Waals surface area contributed by atoms with Crippen LogP contribution in [0.15, 0.2) is 46.8 Å². The fourth-order valence-electron chi connectivity index (χ4n) is 3.73. The Morgan fingerprint density at radius 2 is 1.91 bits per heavy atom. The summed E-state index contributed by atoms with van der Waals surface area (Å²) in [5.41, 5.74) is 1.61. The number of rotatable bonds is 7. The lowest BCUT2D eigenvalue weighted by atomic mass is 10.1. The van der Waals surface area contributed by atoms with Crippen molar-refractivity contribution in [2.24, 2.45) is 0 Å². The van der Waals surface area contributed by atoms with Crippen molar-refractivity contribution in [3.63, 3.8) is 0 Å². The van der Waals surface area contributed by atoms with E-state index in [4.69, 9.17) is 4.74 Å². The second-order valence-electron chi connectivity index (χ2n) is 7.85. The minimum atomic E-state index is -0.946. The first-order valence-electron chi connectivity index (χ1n) is 10.8. The molecule has 1 fully saturated rings. The quantitative estimate of drug-likeness (QED) is 0.550. The summed E-state index contributed by atoms with van der Waals surface area (Å²) in [7, 11) is 0. The Morgan fingerprint density at radius 1 is 1.16 bits per heavy atom. The first kappa shape index (κ1) is 22.0. The zero-order valence-corrected chi connectivity index (χ0v) is 18.8. The molecule has 1 amide bonds. The second-order valence-corrected chi connectivity index (χ2v) is 8.74. The highest BCUT2D eigenvalue weighted by molar-refractivity contribution is 7.16. The van der Waals surface area contributed by atoms with Gasteiger partial charge in [-0.1, -0.05) is 0 Å². The molecular weight excluding hydrogens is 428 g/mol. The van der Waals surface area contributed by atoms with Crippen molar-refractivity contribution in [3.05, 3.63) is 52.4 Å². The van der Waals surface area contributed by atoms with Crippen LogP contribution in [0.1, 0.15) is 32.6 Å². The standard InChI is InChI=1S/C23H26N4O4S/c1-16(21(29)25-17-5-7-18(8-6-17)26-11-3-2-4-12-26)31-20(28)9-13-27-15-24-22-19(23(27)30)10-14-32-22/h5-8,10,14-16H,2-4,9,11-13H2,1H3,(H,25,29). The van der Waals surface area contributed by atoms with E-state index in [1.807, 2.05) is 24.3 Å². The second kappa shape index (κ2) is 9.95.